The van der Waals surface area contributed by atoms with Crippen LogP contribution in [0.15, 0.2) is 18.2 Å². The second-order valence-electron chi connectivity index (χ2n) is 5.80. The number of hydrogen-bond donors (Lipinski definition) is 3. The van der Waals surface area contributed by atoms with Crippen molar-refractivity contribution in [2.24, 2.45) is 11.8 Å². The van der Waals surface area contributed by atoms with E-state index in [4.69, 9.17) is 11.6 Å². The van der Waals surface area contributed by atoms with E-state index in [2.05, 4.69) is 16.0 Å². The van der Waals surface area contributed by atoms with Crippen molar-refractivity contribution in [1.82, 2.24) is 5.32 Å². The maximum atomic E-state index is 12.3. The van der Waals surface area contributed by atoms with E-state index in [-0.39, 0.29) is 36.6 Å². The van der Waals surface area contributed by atoms with Crippen molar-refractivity contribution >= 4 is 53.7 Å². The summed E-state index contributed by atoms with van der Waals surface area (Å²) < 4.78 is 0. The topological polar surface area (TPSA) is 53.2 Å². The van der Waals surface area contributed by atoms with Crippen LogP contribution < -0.4 is 16.0 Å². The Bertz CT molecular complexity index is 519. The fraction of sp³-hybridized carbons (Fsp3) is 0.533. The smallest absolute Gasteiger partial charge is 0.227 e. The minimum atomic E-state index is 0. The van der Waals surface area contributed by atoms with Crippen LogP contribution in [0.3, 0.4) is 0 Å². The van der Waals surface area contributed by atoms with Gasteiger partial charge in [-0.2, -0.15) is 0 Å². The SMILES string of the molecule is CC(C(=O)Nc1cc(Cl)ccc1NC1CC1)C1CNC1.Cl.Cl. The van der Waals surface area contributed by atoms with Crippen molar-refractivity contribution < 1.29 is 4.79 Å². The molecular weight excluding hydrogens is 345 g/mol. The Morgan fingerprint density at radius 1 is 1.27 bits per heavy atom. The molecule has 22 heavy (non-hydrogen) atoms. The Morgan fingerprint density at radius 2 is 1.95 bits per heavy atom. The van der Waals surface area contributed by atoms with Crippen LogP contribution >= 0.6 is 36.4 Å². The molecule has 0 aromatic heterocycles. The third kappa shape index (κ3) is 4.66. The highest BCUT2D eigenvalue weighted by molar-refractivity contribution is 6.31. The number of anilines is 2. The molecule has 2 aliphatic rings. The Labute approximate surface area is 148 Å². The fourth-order valence-corrected chi connectivity index (χ4v) is 2.49. The number of amides is 1. The Balaban J connectivity index is 0.00000121. The molecule has 7 heteroatoms. The summed E-state index contributed by atoms with van der Waals surface area (Å²) in [5, 5.41) is 10.3. The summed E-state index contributed by atoms with van der Waals surface area (Å²) in [5.74, 6) is 0.524. The molecule has 1 aromatic carbocycles. The van der Waals surface area contributed by atoms with E-state index in [9.17, 15) is 4.79 Å². The van der Waals surface area contributed by atoms with Gasteiger partial charge in [0.2, 0.25) is 5.91 Å². The Kier molecular flexibility index (Phi) is 7.26. The van der Waals surface area contributed by atoms with E-state index in [0.29, 0.717) is 17.0 Å². The van der Waals surface area contributed by atoms with E-state index < -0.39 is 0 Å². The van der Waals surface area contributed by atoms with E-state index in [1.54, 1.807) is 0 Å². The van der Waals surface area contributed by atoms with Crippen LogP contribution in [0.2, 0.25) is 5.02 Å². The molecule has 3 N–H and O–H groups in total. The number of rotatable bonds is 5. The minimum absolute atomic E-state index is 0. The van der Waals surface area contributed by atoms with Crippen molar-refractivity contribution in [3.05, 3.63) is 23.2 Å². The second kappa shape index (κ2) is 8.25. The summed E-state index contributed by atoms with van der Waals surface area (Å²) in [4.78, 5) is 12.3. The van der Waals surface area contributed by atoms with Crippen LogP contribution in [-0.4, -0.2) is 25.0 Å². The van der Waals surface area contributed by atoms with Crippen molar-refractivity contribution in [1.29, 1.82) is 0 Å². The van der Waals surface area contributed by atoms with E-state index >= 15 is 0 Å². The summed E-state index contributed by atoms with van der Waals surface area (Å²) >= 11 is 6.04. The zero-order valence-corrected chi connectivity index (χ0v) is 14.8. The minimum Gasteiger partial charge on any atom is -0.381 e. The van der Waals surface area contributed by atoms with Crippen molar-refractivity contribution in [3.63, 3.8) is 0 Å². The summed E-state index contributed by atoms with van der Waals surface area (Å²) in [6.45, 7) is 3.84. The number of nitrogens with one attached hydrogen (secondary N) is 3. The van der Waals surface area contributed by atoms with Crippen molar-refractivity contribution in [2.75, 3.05) is 23.7 Å². The van der Waals surface area contributed by atoms with E-state index in [1.807, 2.05) is 25.1 Å². The summed E-state index contributed by atoms with van der Waals surface area (Å²) in [6, 6.07) is 6.14. The van der Waals surface area contributed by atoms with Crippen molar-refractivity contribution in [3.8, 4) is 0 Å². The number of carbonyl (C=O) groups is 1. The van der Waals surface area contributed by atoms with Crippen LogP contribution in [0.25, 0.3) is 0 Å². The molecular formula is C15H22Cl3N3O. The average molecular weight is 367 g/mol. The molecule has 1 aliphatic carbocycles. The molecule has 1 saturated heterocycles. The van der Waals surface area contributed by atoms with Gasteiger partial charge in [0.25, 0.3) is 0 Å². The van der Waals surface area contributed by atoms with Crippen LogP contribution in [0, 0.1) is 11.8 Å². The highest BCUT2D eigenvalue weighted by Gasteiger charge is 2.29. The highest BCUT2D eigenvalue weighted by Crippen LogP contribution is 2.32. The monoisotopic (exact) mass is 365 g/mol. The first-order valence-corrected chi connectivity index (χ1v) is 7.59. The van der Waals surface area contributed by atoms with Crippen molar-refractivity contribution in [2.45, 2.75) is 25.8 Å². The molecule has 3 rings (SSSR count). The molecule has 4 nitrogen and oxygen atoms in total. The Hall–Kier alpha value is -0.680. The lowest BCUT2D eigenvalue weighted by Gasteiger charge is -2.31. The summed E-state index contributed by atoms with van der Waals surface area (Å²) in [5.41, 5.74) is 1.75. The molecule has 1 aliphatic heterocycles. The molecule has 1 saturated carbocycles. The maximum absolute atomic E-state index is 12.3. The lowest BCUT2D eigenvalue weighted by atomic mass is 9.88. The second-order valence-corrected chi connectivity index (χ2v) is 6.24. The molecule has 1 aromatic rings. The van der Waals surface area contributed by atoms with Gasteiger partial charge in [-0.05, 0) is 50.0 Å². The van der Waals surface area contributed by atoms with Crippen LogP contribution in [0.5, 0.6) is 0 Å². The van der Waals surface area contributed by atoms with E-state index in [1.165, 1.54) is 12.8 Å². The molecule has 1 unspecified atom stereocenters. The molecule has 1 amide bonds. The maximum Gasteiger partial charge on any atom is 0.227 e. The van der Waals surface area contributed by atoms with Gasteiger partial charge in [-0.1, -0.05) is 18.5 Å². The zero-order valence-electron chi connectivity index (χ0n) is 12.4. The first-order valence-electron chi connectivity index (χ1n) is 7.21. The summed E-state index contributed by atoms with van der Waals surface area (Å²) in [7, 11) is 0. The molecule has 1 heterocycles. The quantitative estimate of drug-likeness (QED) is 0.747. The predicted octanol–water partition coefficient (Wildman–Crippen LogP) is 3.55. The van der Waals surface area contributed by atoms with E-state index in [0.717, 1.165) is 24.5 Å². The van der Waals surface area contributed by atoms with Gasteiger partial charge in [-0.3, -0.25) is 4.79 Å². The van der Waals surface area contributed by atoms with Gasteiger partial charge >= 0.3 is 0 Å². The molecule has 2 fully saturated rings. The normalized spacial score (nSPS) is 18.3. The fourth-order valence-electron chi connectivity index (χ4n) is 2.32. The standard InChI is InChI=1S/C15H20ClN3O.2ClH/c1-9(10-7-17-8-10)15(20)19-14-6-11(16)2-5-13(14)18-12-3-4-12;;/h2,5-6,9-10,12,17-18H,3-4,7-8H2,1H3,(H,19,20);2*1H. The molecule has 1 atom stereocenters. The molecule has 0 bridgehead atoms. The summed E-state index contributed by atoms with van der Waals surface area (Å²) in [6.07, 6.45) is 2.39. The number of halogens is 3. The number of hydrogen-bond acceptors (Lipinski definition) is 3. The number of carbonyl (C=O) groups excluding carboxylic acids is 1. The predicted molar refractivity (Wildman–Crippen MR) is 96.7 cm³/mol. The lowest BCUT2D eigenvalue weighted by Crippen LogP contribution is -2.48. The number of benzene rings is 1. The first kappa shape index (κ1) is 19.4. The molecule has 0 radical (unpaired) electrons. The van der Waals surface area contributed by atoms with Gasteiger partial charge in [0, 0.05) is 17.0 Å². The Morgan fingerprint density at radius 3 is 2.50 bits per heavy atom. The molecule has 0 spiro atoms. The molecule has 124 valence electrons. The van der Waals surface area contributed by atoms with Gasteiger partial charge in [0.15, 0.2) is 0 Å². The van der Waals surface area contributed by atoms with Crippen LogP contribution in [0.4, 0.5) is 11.4 Å². The van der Waals surface area contributed by atoms with Gasteiger partial charge in [0.05, 0.1) is 11.4 Å². The largest absolute Gasteiger partial charge is 0.381 e. The third-order valence-electron chi connectivity index (χ3n) is 4.11. The van der Waals surface area contributed by atoms with Crippen LogP contribution in [-0.2, 0) is 4.79 Å². The van der Waals surface area contributed by atoms with Gasteiger partial charge < -0.3 is 16.0 Å². The third-order valence-corrected chi connectivity index (χ3v) is 4.35. The first-order chi connectivity index (χ1) is 9.63. The van der Waals surface area contributed by atoms with Gasteiger partial charge in [-0.15, -0.1) is 24.8 Å². The lowest BCUT2D eigenvalue weighted by molar-refractivity contribution is -0.121. The van der Waals surface area contributed by atoms with Gasteiger partial charge in [-0.25, -0.2) is 0 Å². The highest BCUT2D eigenvalue weighted by atomic mass is 35.5. The van der Waals surface area contributed by atoms with Gasteiger partial charge in [0.1, 0.15) is 0 Å². The van der Waals surface area contributed by atoms with Crippen LogP contribution in [0.1, 0.15) is 19.8 Å². The average Bonchev–Trinajstić information content (AvgIpc) is 3.14. The zero-order chi connectivity index (χ0) is 14.1.